The van der Waals surface area contributed by atoms with E-state index < -0.39 is 12.2 Å². The van der Waals surface area contributed by atoms with E-state index in [1.807, 2.05) is 17.0 Å². The quantitative estimate of drug-likeness (QED) is 0.811. The van der Waals surface area contributed by atoms with Crippen molar-refractivity contribution in [2.75, 3.05) is 31.3 Å². The molecule has 2 saturated heterocycles. The van der Waals surface area contributed by atoms with Gasteiger partial charge >= 0.3 is 0 Å². The minimum absolute atomic E-state index is 0.398. The monoisotopic (exact) mass is 366 g/mol. The van der Waals surface area contributed by atoms with E-state index in [4.69, 9.17) is 18.9 Å². The lowest BCUT2D eigenvalue weighted by molar-refractivity contribution is -0.156. The molecule has 6 nitrogen and oxygen atoms in total. The first-order valence-corrected chi connectivity index (χ1v) is 9.24. The first-order chi connectivity index (χ1) is 13.2. The highest BCUT2D eigenvalue weighted by Crippen LogP contribution is 2.46. The molecule has 0 saturated carbocycles. The number of ether oxygens (including phenoxy) is 4. The van der Waals surface area contributed by atoms with Crippen LogP contribution in [0.2, 0.25) is 0 Å². The molecule has 27 heavy (non-hydrogen) atoms. The van der Waals surface area contributed by atoms with Gasteiger partial charge in [0.25, 0.3) is 5.91 Å². The molecule has 140 valence electrons. The van der Waals surface area contributed by atoms with Crippen LogP contribution in [0.1, 0.15) is 28.5 Å². The van der Waals surface area contributed by atoms with Gasteiger partial charge in [-0.1, -0.05) is 23.3 Å². The van der Waals surface area contributed by atoms with Gasteiger partial charge in [0, 0.05) is 5.56 Å². The highest BCUT2D eigenvalue weighted by atomic mass is 16.8. The fraction of sp³-hybridized carbons (Fsp3) is 0.381. The normalized spacial score (nSPS) is 21.2. The van der Waals surface area contributed by atoms with Crippen molar-refractivity contribution in [1.82, 2.24) is 0 Å². The van der Waals surface area contributed by atoms with E-state index in [1.165, 1.54) is 0 Å². The van der Waals surface area contributed by atoms with Crippen LogP contribution >= 0.6 is 0 Å². The standard InChI is InChI=1S/C21H22N2O4/c1-14-4-6-19(16(11-14)20-24-7-8-25-20)23-13-22-18-5-3-15(2)12-17(18)21(23)26-9-10-27-21/h3-6,11-13,20H,7-10H2,1-2H3. The summed E-state index contributed by atoms with van der Waals surface area (Å²) in [6.07, 6.45) is 1.39. The molecule has 3 heterocycles. The SMILES string of the molecule is Cc1ccc(N2C=Nc3ccc(C)cc3C23OCCO3)c(C2OCCO2)c1. The minimum Gasteiger partial charge on any atom is -0.346 e. The van der Waals surface area contributed by atoms with Crippen molar-refractivity contribution >= 4 is 17.7 Å². The largest absolute Gasteiger partial charge is 0.346 e. The second-order valence-electron chi connectivity index (χ2n) is 7.05. The Labute approximate surface area is 158 Å². The number of aliphatic imine (C=N–C) groups is 1. The van der Waals surface area contributed by atoms with Crippen molar-refractivity contribution in [2.24, 2.45) is 4.99 Å². The molecule has 2 aromatic carbocycles. The van der Waals surface area contributed by atoms with Gasteiger partial charge < -0.3 is 18.9 Å². The highest BCUT2D eigenvalue weighted by Gasteiger charge is 2.49. The maximum atomic E-state index is 6.21. The molecular weight excluding hydrogens is 344 g/mol. The summed E-state index contributed by atoms with van der Waals surface area (Å²) in [5.41, 5.74) is 5.91. The van der Waals surface area contributed by atoms with Crippen molar-refractivity contribution in [3.63, 3.8) is 0 Å². The Morgan fingerprint density at radius 1 is 0.926 bits per heavy atom. The second-order valence-corrected chi connectivity index (χ2v) is 7.05. The third-order valence-corrected chi connectivity index (χ3v) is 5.12. The number of aryl methyl sites for hydroxylation is 2. The summed E-state index contributed by atoms with van der Waals surface area (Å²) in [4.78, 5) is 6.62. The molecule has 0 bridgehead atoms. The van der Waals surface area contributed by atoms with Crippen LogP contribution in [-0.2, 0) is 24.9 Å². The number of anilines is 1. The van der Waals surface area contributed by atoms with Gasteiger partial charge in [0.1, 0.15) is 6.34 Å². The zero-order valence-electron chi connectivity index (χ0n) is 15.5. The maximum Gasteiger partial charge on any atom is 0.287 e. The highest BCUT2D eigenvalue weighted by molar-refractivity contribution is 5.87. The van der Waals surface area contributed by atoms with Gasteiger partial charge in [0.2, 0.25) is 0 Å². The zero-order chi connectivity index (χ0) is 18.4. The Hall–Kier alpha value is -2.25. The van der Waals surface area contributed by atoms with Gasteiger partial charge in [-0.25, -0.2) is 4.99 Å². The molecule has 0 unspecified atom stereocenters. The summed E-state index contributed by atoms with van der Waals surface area (Å²) in [5, 5.41) is 0. The Morgan fingerprint density at radius 2 is 1.63 bits per heavy atom. The molecule has 5 rings (SSSR count). The van der Waals surface area contributed by atoms with E-state index in [1.54, 1.807) is 6.34 Å². The first-order valence-electron chi connectivity index (χ1n) is 9.24. The van der Waals surface area contributed by atoms with Crippen molar-refractivity contribution in [2.45, 2.75) is 26.0 Å². The average molecular weight is 366 g/mol. The van der Waals surface area contributed by atoms with Crippen molar-refractivity contribution in [1.29, 1.82) is 0 Å². The van der Waals surface area contributed by atoms with Gasteiger partial charge in [-0.15, -0.1) is 0 Å². The summed E-state index contributed by atoms with van der Waals surface area (Å²) in [7, 11) is 0. The topological polar surface area (TPSA) is 52.5 Å². The van der Waals surface area contributed by atoms with Crippen LogP contribution in [0.25, 0.3) is 0 Å². The minimum atomic E-state index is -1.02. The summed E-state index contributed by atoms with van der Waals surface area (Å²) in [6.45, 7) is 6.34. The van der Waals surface area contributed by atoms with Crippen LogP contribution in [0.4, 0.5) is 11.4 Å². The summed E-state index contributed by atoms with van der Waals surface area (Å²) in [5.74, 6) is -1.02. The van der Waals surface area contributed by atoms with E-state index >= 15 is 0 Å². The molecule has 0 amide bonds. The number of nitrogens with zero attached hydrogens (tertiary/aromatic N) is 2. The maximum absolute atomic E-state index is 6.21. The lowest BCUT2D eigenvalue weighted by Gasteiger charge is -2.41. The third-order valence-electron chi connectivity index (χ3n) is 5.12. The fourth-order valence-corrected chi connectivity index (χ4v) is 3.88. The van der Waals surface area contributed by atoms with E-state index in [-0.39, 0.29) is 0 Å². The summed E-state index contributed by atoms with van der Waals surface area (Å²) >= 11 is 0. The molecular formula is C21H22N2O4. The number of benzene rings is 2. The molecule has 0 aromatic heterocycles. The average Bonchev–Trinajstić information content (AvgIpc) is 3.36. The number of fused-ring (bicyclic) bond motifs is 2. The van der Waals surface area contributed by atoms with E-state index in [2.05, 4.69) is 43.1 Å². The molecule has 3 aliphatic heterocycles. The zero-order valence-corrected chi connectivity index (χ0v) is 15.5. The molecule has 6 heteroatoms. The number of hydrogen-bond acceptors (Lipinski definition) is 6. The smallest absolute Gasteiger partial charge is 0.287 e. The Morgan fingerprint density at radius 3 is 2.41 bits per heavy atom. The summed E-state index contributed by atoms with van der Waals surface area (Å²) in [6, 6.07) is 12.3. The first kappa shape index (κ1) is 16.9. The predicted octanol–water partition coefficient (Wildman–Crippen LogP) is 3.69. The van der Waals surface area contributed by atoms with E-state index in [0.717, 1.165) is 33.6 Å². The molecule has 0 aliphatic carbocycles. The van der Waals surface area contributed by atoms with Gasteiger partial charge in [-0.05, 0) is 38.1 Å². The molecule has 0 radical (unpaired) electrons. The van der Waals surface area contributed by atoms with Crippen molar-refractivity contribution in [3.05, 3.63) is 58.7 Å². The van der Waals surface area contributed by atoms with Crippen LogP contribution in [0.15, 0.2) is 41.4 Å². The lowest BCUT2D eigenvalue weighted by atomic mass is 10.0. The molecule has 1 spiro atoms. The van der Waals surface area contributed by atoms with Gasteiger partial charge in [-0.2, -0.15) is 0 Å². The van der Waals surface area contributed by atoms with Crippen LogP contribution in [-0.4, -0.2) is 32.8 Å². The molecule has 3 aliphatic rings. The predicted molar refractivity (Wildman–Crippen MR) is 101 cm³/mol. The fourth-order valence-electron chi connectivity index (χ4n) is 3.88. The molecule has 0 N–H and O–H groups in total. The van der Waals surface area contributed by atoms with Crippen LogP contribution in [0, 0.1) is 13.8 Å². The Kier molecular flexibility index (Phi) is 4.02. The molecule has 2 fully saturated rings. The Bertz CT molecular complexity index is 899. The van der Waals surface area contributed by atoms with Crippen LogP contribution in [0.3, 0.4) is 0 Å². The summed E-state index contributed by atoms with van der Waals surface area (Å²) < 4.78 is 24.0. The second kappa shape index (κ2) is 6.42. The van der Waals surface area contributed by atoms with Gasteiger partial charge in [-0.3, -0.25) is 4.90 Å². The molecule has 2 aromatic rings. The number of hydrogen-bond donors (Lipinski definition) is 0. The van der Waals surface area contributed by atoms with E-state index in [0.29, 0.717) is 26.4 Å². The Balaban J connectivity index is 1.67. The van der Waals surface area contributed by atoms with Crippen molar-refractivity contribution < 1.29 is 18.9 Å². The van der Waals surface area contributed by atoms with Crippen molar-refractivity contribution in [3.8, 4) is 0 Å². The number of rotatable bonds is 2. The van der Waals surface area contributed by atoms with Crippen LogP contribution in [0.5, 0.6) is 0 Å². The van der Waals surface area contributed by atoms with Crippen LogP contribution < -0.4 is 4.90 Å². The lowest BCUT2D eigenvalue weighted by Crippen LogP contribution is -2.49. The van der Waals surface area contributed by atoms with E-state index in [9.17, 15) is 0 Å². The third kappa shape index (κ3) is 2.68. The van der Waals surface area contributed by atoms with Gasteiger partial charge in [0.15, 0.2) is 6.29 Å². The van der Waals surface area contributed by atoms with Gasteiger partial charge in [0.05, 0.1) is 43.4 Å². The molecule has 0 atom stereocenters.